The van der Waals surface area contributed by atoms with Crippen molar-refractivity contribution < 1.29 is 4.79 Å². The number of halogens is 1. The summed E-state index contributed by atoms with van der Waals surface area (Å²) in [6.45, 7) is 0. The Kier molecular flexibility index (Phi) is 6.33. The van der Waals surface area contributed by atoms with Gasteiger partial charge in [0, 0.05) is 15.6 Å². The van der Waals surface area contributed by atoms with Crippen molar-refractivity contribution in [2.45, 2.75) is 4.90 Å². The van der Waals surface area contributed by atoms with Gasteiger partial charge in [0.25, 0.3) is 0 Å². The number of rotatable bonds is 4. The quantitative estimate of drug-likeness (QED) is 0.339. The Morgan fingerprint density at radius 1 is 0.962 bits per heavy atom. The molecular weight excluding hydrogens is 386 g/mol. The first-order valence-corrected chi connectivity index (χ1v) is 9.60. The summed E-state index contributed by atoms with van der Waals surface area (Å²) in [6.07, 6.45) is 0. The molecule has 0 fully saturated rings. The Balaban J connectivity index is 1.45. The average molecular weight is 402 g/mol. The number of benzene rings is 3. The molecule has 4 nitrogen and oxygen atoms in total. The molecule has 0 aromatic heterocycles. The summed E-state index contributed by atoms with van der Waals surface area (Å²) in [6, 6.07) is 21.4. The smallest absolute Gasteiger partial charge is 0.248 e. The molecule has 0 unspecified atom stereocenters. The van der Waals surface area contributed by atoms with Gasteiger partial charge in [0.15, 0.2) is 5.11 Å². The van der Waals surface area contributed by atoms with Crippen LogP contribution in [0.2, 0.25) is 5.02 Å². The molecule has 3 aromatic carbocycles. The molecule has 3 rings (SSSR count). The van der Waals surface area contributed by atoms with Crippen LogP contribution < -0.4 is 16.2 Å². The van der Waals surface area contributed by atoms with E-state index in [0.29, 0.717) is 5.02 Å². The number of hydrogen-bond acceptors (Lipinski definition) is 3. The molecule has 1 amide bonds. The van der Waals surface area contributed by atoms with E-state index in [-0.39, 0.29) is 16.8 Å². The molecule has 0 aliphatic rings. The lowest BCUT2D eigenvalue weighted by atomic mass is 10.1. The van der Waals surface area contributed by atoms with E-state index in [1.165, 1.54) is 17.1 Å². The fourth-order valence-corrected chi connectivity index (χ4v) is 3.40. The Morgan fingerprint density at radius 2 is 1.77 bits per heavy atom. The summed E-state index contributed by atoms with van der Waals surface area (Å²) in [4.78, 5) is 13.0. The summed E-state index contributed by atoms with van der Waals surface area (Å²) in [7, 11) is 0. The maximum absolute atomic E-state index is 12.0. The average Bonchev–Trinajstić information content (AvgIpc) is 2.64. The number of fused-ring (bicyclic) bond motifs is 1. The molecule has 0 saturated heterocycles. The van der Waals surface area contributed by atoms with Gasteiger partial charge in [-0.1, -0.05) is 48.0 Å². The highest BCUT2D eigenvalue weighted by Crippen LogP contribution is 2.23. The van der Waals surface area contributed by atoms with Crippen molar-refractivity contribution in [3.8, 4) is 0 Å². The topological polar surface area (TPSA) is 53.2 Å². The van der Waals surface area contributed by atoms with Gasteiger partial charge in [0.2, 0.25) is 5.91 Å². The van der Waals surface area contributed by atoms with Crippen LogP contribution in [0.1, 0.15) is 0 Å². The standard InChI is InChI=1S/C19H16ClN3OS2/c20-15-6-3-7-16(11-15)21-19(25)23-22-18(24)12-26-17-9-8-13-4-1-2-5-14(13)10-17/h1-11H,12H2,(H,22,24)(H2,21,23,25). The van der Waals surface area contributed by atoms with Crippen molar-refractivity contribution >= 4 is 63.1 Å². The third kappa shape index (κ3) is 5.36. The van der Waals surface area contributed by atoms with Gasteiger partial charge in [-0.3, -0.25) is 15.6 Å². The van der Waals surface area contributed by atoms with Crippen LogP contribution in [0, 0.1) is 0 Å². The van der Waals surface area contributed by atoms with Crippen molar-refractivity contribution in [1.82, 2.24) is 10.9 Å². The Morgan fingerprint density at radius 3 is 2.58 bits per heavy atom. The van der Waals surface area contributed by atoms with Crippen LogP contribution in [0.25, 0.3) is 10.8 Å². The minimum Gasteiger partial charge on any atom is -0.331 e. The van der Waals surface area contributed by atoms with Crippen LogP contribution in [0.15, 0.2) is 71.6 Å². The fraction of sp³-hybridized carbons (Fsp3) is 0.0526. The summed E-state index contributed by atoms with van der Waals surface area (Å²) < 4.78 is 0. The molecule has 0 radical (unpaired) electrons. The molecule has 132 valence electrons. The molecule has 3 N–H and O–H groups in total. The number of carbonyl (C=O) groups excluding carboxylic acids is 1. The number of hydrogen-bond donors (Lipinski definition) is 3. The monoisotopic (exact) mass is 401 g/mol. The highest BCUT2D eigenvalue weighted by Gasteiger charge is 2.05. The SMILES string of the molecule is O=C(CSc1ccc2ccccc2c1)NNC(=S)Nc1cccc(Cl)c1. The van der Waals surface area contributed by atoms with E-state index in [4.69, 9.17) is 23.8 Å². The van der Waals surface area contributed by atoms with Crippen LogP contribution in [0.3, 0.4) is 0 Å². The predicted octanol–water partition coefficient (Wildman–Crippen LogP) is 4.60. The van der Waals surface area contributed by atoms with Gasteiger partial charge < -0.3 is 5.32 Å². The van der Waals surface area contributed by atoms with Crippen molar-refractivity contribution in [2.75, 3.05) is 11.1 Å². The zero-order chi connectivity index (χ0) is 18.4. The number of hydrazine groups is 1. The second-order valence-corrected chi connectivity index (χ2v) is 7.33. The predicted molar refractivity (Wildman–Crippen MR) is 114 cm³/mol. The van der Waals surface area contributed by atoms with Crippen molar-refractivity contribution in [2.24, 2.45) is 0 Å². The third-order valence-electron chi connectivity index (χ3n) is 3.49. The van der Waals surface area contributed by atoms with Crippen LogP contribution in [-0.2, 0) is 4.79 Å². The van der Waals surface area contributed by atoms with Crippen LogP contribution in [0.5, 0.6) is 0 Å². The summed E-state index contributed by atoms with van der Waals surface area (Å²) in [5.74, 6) is 0.115. The second kappa shape index (κ2) is 8.89. The summed E-state index contributed by atoms with van der Waals surface area (Å²) in [5.41, 5.74) is 6.00. The van der Waals surface area contributed by atoms with Crippen LogP contribution >= 0.6 is 35.6 Å². The van der Waals surface area contributed by atoms with E-state index < -0.39 is 0 Å². The van der Waals surface area contributed by atoms with Crippen molar-refractivity contribution in [1.29, 1.82) is 0 Å². The molecule has 0 saturated carbocycles. The summed E-state index contributed by atoms with van der Waals surface area (Å²) in [5, 5.41) is 6.18. The number of amides is 1. The number of thiocarbonyl (C=S) groups is 1. The minimum atomic E-state index is -0.168. The number of carbonyl (C=O) groups is 1. The number of nitrogens with one attached hydrogen (secondary N) is 3. The Bertz CT molecular complexity index is 949. The maximum atomic E-state index is 12.0. The molecule has 0 heterocycles. The van der Waals surface area contributed by atoms with E-state index in [0.717, 1.165) is 16.0 Å². The highest BCUT2D eigenvalue weighted by atomic mass is 35.5. The van der Waals surface area contributed by atoms with Gasteiger partial charge >= 0.3 is 0 Å². The van der Waals surface area contributed by atoms with Crippen molar-refractivity contribution in [3.63, 3.8) is 0 Å². The first-order chi connectivity index (χ1) is 12.6. The van der Waals surface area contributed by atoms with Gasteiger partial charge in [-0.2, -0.15) is 0 Å². The van der Waals surface area contributed by atoms with Gasteiger partial charge in [-0.05, 0) is 53.3 Å². The van der Waals surface area contributed by atoms with Gasteiger partial charge in [0.05, 0.1) is 5.75 Å². The van der Waals surface area contributed by atoms with Crippen LogP contribution in [-0.4, -0.2) is 16.8 Å². The lowest BCUT2D eigenvalue weighted by Gasteiger charge is -2.11. The van der Waals surface area contributed by atoms with E-state index in [2.05, 4.69) is 40.4 Å². The van der Waals surface area contributed by atoms with Gasteiger partial charge in [-0.25, -0.2) is 0 Å². The molecule has 26 heavy (non-hydrogen) atoms. The first kappa shape index (κ1) is 18.5. The molecular formula is C19H16ClN3OS2. The Labute approximate surface area is 166 Å². The lowest BCUT2D eigenvalue weighted by molar-refractivity contribution is -0.119. The zero-order valence-corrected chi connectivity index (χ0v) is 16.0. The molecule has 0 spiro atoms. The van der Waals surface area contributed by atoms with Crippen LogP contribution in [0.4, 0.5) is 5.69 Å². The van der Waals surface area contributed by atoms with E-state index >= 15 is 0 Å². The number of thioether (sulfide) groups is 1. The largest absolute Gasteiger partial charge is 0.331 e. The molecule has 0 atom stereocenters. The molecule has 0 aliphatic heterocycles. The third-order valence-corrected chi connectivity index (χ3v) is 4.92. The zero-order valence-electron chi connectivity index (χ0n) is 13.7. The normalized spacial score (nSPS) is 10.3. The molecule has 7 heteroatoms. The van der Waals surface area contributed by atoms with Gasteiger partial charge in [0.1, 0.15) is 0 Å². The second-order valence-electron chi connectivity index (χ2n) is 5.44. The van der Waals surface area contributed by atoms with Gasteiger partial charge in [-0.15, -0.1) is 11.8 Å². The summed E-state index contributed by atoms with van der Waals surface area (Å²) >= 11 is 12.5. The molecule has 0 aliphatic carbocycles. The fourth-order valence-electron chi connectivity index (χ4n) is 2.30. The lowest BCUT2D eigenvalue weighted by Crippen LogP contribution is -2.44. The van der Waals surface area contributed by atoms with Crippen molar-refractivity contribution in [3.05, 3.63) is 71.8 Å². The van der Waals surface area contributed by atoms with E-state index in [9.17, 15) is 4.79 Å². The van der Waals surface area contributed by atoms with E-state index in [1.807, 2.05) is 30.3 Å². The molecule has 3 aromatic rings. The Hall–Kier alpha value is -2.28. The first-order valence-electron chi connectivity index (χ1n) is 7.83. The highest BCUT2D eigenvalue weighted by molar-refractivity contribution is 8.00. The molecule has 0 bridgehead atoms. The number of anilines is 1. The maximum Gasteiger partial charge on any atom is 0.248 e. The van der Waals surface area contributed by atoms with E-state index in [1.54, 1.807) is 12.1 Å². The minimum absolute atomic E-state index is 0.168.